The fourth-order valence-electron chi connectivity index (χ4n) is 2.76. The highest BCUT2D eigenvalue weighted by Gasteiger charge is 2.17. The molecule has 0 bridgehead atoms. The molecule has 2 amide bonds. The van der Waals surface area contributed by atoms with Crippen LogP contribution in [-0.4, -0.2) is 27.8 Å². The second-order valence-corrected chi connectivity index (χ2v) is 6.57. The van der Waals surface area contributed by atoms with E-state index in [-0.39, 0.29) is 28.2 Å². The molecule has 0 aromatic heterocycles. The van der Waals surface area contributed by atoms with Crippen LogP contribution in [0.4, 0.5) is 11.4 Å². The van der Waals surface area contributed by atoms with Gasteiger partial charge in [-0.1, -0.05) is 42.5 Å². The summed E-state index contributed by atoms with van der Waals surface area (Å²) in [6.45, 7) is 0. The third-order valence-corrected chi connectivity index (χ3v) is 4.29. The van der Waals surface area contributed by atoms with Gasteiger partial charge in [0, 0.05) is 23.4 Å². The Morgan fingerprint density at radius 1 is 0.875 bits per heavy atom. The summed E-state index contributed by atoms with van der Waals surface area (Å²) in [6, 6.07) is 19.5. The number of amides is 2. The first-order chi connectivity index (χ1) is 15.3. The summed E-state index contributed by atoms with van der Waals surface area (Å²) < 4.78 is 0. The molecule has 3 aromatic rings. The average molecular weight is 431 g/mol. The van der Waals surface area contributed by atoms with E-state index in [2.05, 4.69) is 10.6 Å². The first-order valence-electron chi connectivity index (χ1n) is 9.31. The van der Waals surface area contributed by atoms with Crippen LogP contribution in [0.1, 0.15) is 26.3 Å². The number of nitrogens with one attached hydrogen (secondary N) is 2. The van der Waals surface area contributed by atoms with Gasteiger partial charge < -0.3 is 15.7 Å². The molecule has 0 heterocycles. The van der Waals surface area contributed by atoms with Gasteiger partial charge >= 0.3 is 5.97 Å². The lowest BCUT2D eigenvalue weighted by atomic mass is 10.1. The van der Waals surface area contributed by atoms with Crippen LogP contribution in [0.25, 0.3) is 6.08 Å². The molecule has 0 atom stereocenters. The zero-order chi connectivity index (χ0) is 23.1. The summed E-state index contributed by atoms with van der Waals surface area (Å²) in [5, 5.41) is 25.1. The van der Waals surface area contributed by atoms with E-state index in [0.29, 0.717) is 5.56 Å². The molecule has 32 heavy (non-hydrogen) atoms. The van der Waals surface area contributed by atoms with E-state index in [1.165, 1.54) is 48.5 Å². The van der Waals surface area contributed by atoms with Gasteiger partial charge in [0.05, 0.1) is 10.5 Å². The van der Waals surface area contributed by atoms with Crippen LogP contribution in [0.15, 0.2) is 84.6 Å². The molecular weight excluding hydrogens is 414 g/mol. The average Bonchev–Trinajstić information content (AvgIpc) is 2.79. The van der Waals surface area contributed by atoms with E-state index in [4.69, 9.17) is 5.11 Å². The predicted octanol–water partition coefficient (Wildman–Crippen LogP) is 3.70. The van der Waals surface area contributed by atoms with Crippen molar-refractivity contribution in [1.82, 2.24) is 5.32 Å². The van der Waals surface area contributed by atoms with Crippen molar-refractivity contribution in [1.29, 1.82) is 0 Å². The molecule has 160 valence electrons. The lowest BCUT2D eigenvalue weighted by molar-refractivity contribution is -0.384. The number of carbonyl (C=O) groups excluding carboxylic acids is 2. The summed E-state index contributed by atoms with van der Waals surface area (Å²) in [7, 11) is 0. The molecule has 0 radical (unpaired) electrons. The molecule has 0 saturated heterocycles. The van der Waals surface area contributed by atoms with Gasteiger partial charge in [-0.25, -0.2) is 4.79 Å². The van der Waals surface area contributed by atoms with Crippen LogP contribution in [0.5, 0.6) is 0 Å². The highest BCUT2D eigenvalue weighted by atomic mass is 16.6. The van der Waals surface area contributed by atoms with Crippen LogP contribution in [-0.2, 0) is 4.79 Å². The molecule has 3 N–H and O–H groups in total. The molecule has 0 unspecified atom stereocenters. The zero-order valence-corrected chi connectivity index (χ0v) is 16.5. The smallest absolute Gasteiger partial charge is 0.335 e. The van der Waals surface area contributed by atoms with Gasteiger partial charge in [-0.05, 0) is 35.9 Å². The minimum absolute atomic E-state index is 0.00108. The van der Waals surface area contributed by atoms with Gasteiger partial charge in [0.2, 0.25) is 0 Å². The summed E-state index contributed by atoms with van der Waals surface area (Å²) in [4.78, 5) is 47.1. The third-order valence-electron chi connectivity index (χ3n) is 4.29. The maximum absolute atomic E-state index is 12.9. The number of carboxylic acids is 1. The fraction of sp³-hybridized carbons (Fsp3) is 0. The Morgan fingerprint density at radius 3 is 2.25 bits per heavy atom. The van der Waals surface area contributed by atoms with Crippen molar-refractivity contribution in [3.8, 4) is 0 Å². The second-order valence-electron chi connectivity index (χ2n) is 6.57. The number of aromatic carboxylic acids is 1. The van der Waals surface area contributed by atoms with Gasteiger partial charge in [-0.2, -0.15) is 0 Å². The molecule has 0 aliphatic rings. The molecular formula is C23H17N3O6. The molecule has 0 spiro atoms. The minimum atomic E-state index is -1.15. The quantitative estimate of drug-likeness (QED) is 0.296. The topological polar surface area (TPSA) is 139 Å². The first kappa shape index (κ1) is 21.9. The van der Waals surface area contributed by atoms with Crippen molar-refractivity contribution in [3.63, 3.8) is 0 Å². The molecule has 3 aromatic carbocycles. The van der Waals surface area contributed by atoms with Crippen molar-refractivity contribution in [2.24, 2.45) is 0 Å². The van der Waals surface area contributed by atoms with Crippen LogP contribution >= 0.6 is 0 Å². The number of carboxylic acid groups (broad SMARTS) is 1. The monoisotopic (exact) mass is 431 g/mol. The van der Waals surface area contributed by atoms with Gasteiger partial charge in [0.25, 0.3) is 17.5 Å². The number of benzene rings is 3. The Balaban J connectivity index is 1.89. The van der Waals surface area contributed by atoms with Gasteiger partial charge in [-0.3, -0.25) is 19.7 Å². The number of nitro benzene ring substituents is 1. The Labute approximate surface area is 182 Å². The lowest BCUT2D eigenvalue weighted by Gasteiger charge is -2.12. The maximum atomic E-state index is 12.9. The van der Waals surface area contributed by atoms with Gasteiger partial charge in [-0.15, -0.1) is 0 Å². The van der Waals surface area contributed by atoms with Crippen molar-refractivity contribution in [2.45, 2.75) is 0 Å². The lowest BCUT2D eigenvalue weighted by Crippen LogP contribution is -2.30. The molecule has 3 rings (SSSR count). The molecule has 9 nitrogen and oxygen atoms in total. The normalized spacial score (nSPS) is 10.8. The third kappa shape index (κ3) is 5.63. The van der Waals surface area contributed by atoms with E-state index >= 15 is 0 Å². The number of rotatable bonds is 7. The van der Waals surface area contributed by atoms with E-state index in [0.717, 1.165) is 6.07 Å². The highest BCUT2D eigenvalue weighted by Crippen LogP contribution is 2.16. The standard InChI is InChI=1S/C23H17N3O6/c27-21(16-8-5-11-19(14-16)26(31)32)25-20(12-15-6-2-1-3-7-15)22(28)24-18-10-4-9-17(13-18)23(29)30/h1-14H,(H,24,28)(H,25,27)(H,29,30)/b20-12-. The Hall–Kier alpha value is -4.79. The van der Waals surface area contributed by atoms with Crippen LogP contribution in [0, 0.1) is 10.1 Å². The molecule has 0 fully saturated rings. The number of nitrogens with zero attached hydrogens (tertiary/aromatic N) is 1. The van der Waals surface area contributed by atoms with Crippen molar-refractivity contribution in [3.05, 3.63) is 111 Å². The maximum Gasteiger partial charge on any atom is 0.335 e. The number of hydrogen-bond acceptors (Lipinski definition) is 5. The number of hydrogen-bond donors (Lipinski definition) is 3. The number of carbonyl (C=O) groups is 3. The largest absolute Gasteiger partial charge is 0.478 e. The number of anilines is 1. The Morgan fingerprint density at radius 2 is 1.56 bits per heavy atom. The van der Waals surface area contributed by atoms with Crippen molar-refractivity contribution < 1.29 is 24.4 Å². The zero-order valence-electron chi connectivity index (χ0n) is 16.5. The summed E-state index contributed by atoms with van der Waals surface area (Å²) >= 11 is 0. The molecule has 9 heteroatoms. The van der Waals surface area contributed by atoms with Gasteiger partial charge in [0.1, 0.15) is 5.70 Å². The van der Waals surface area contributed by atoms with E-state index in [1.807, 2.05) is 0 Å². The van der Waals surface area contributed by atoms with Gasteiger partial charge in [0.15, 0.2) is 0 Å². The summed E-state index contributed by atoms with van der Waals surface area (Å²) in [6.07, 6.45) is 1.44. The fourth-order valence-corrected chi connectivity index (χ4v) is 2.76. The minimum Gasteiger partial charge on any atom is -0.478 e. The summed E-state index contributed by atoms with van der Waals surface area (Å²) in [5.41, 5.74) is 0.431. The van der Waals surface area contributed by atoms with Crippen LogP contribution < -0.4 is 10.6 Å². The van der Waals surface area contributed by atoms with Crippen molar-refractivity contribution in [2.75, 3.05) is 5.32 Å². The van der Waals surface area contributed by atoms with Crippen LogP contribution in [0.2, 0.25) is 0 Å². The van der Waals surface area contributed by atoms with Crippen molar-refractivity contribution >= 4 is 35.2 Å². The Bertz CT molecular complexity index is 1220. The number of nitro groups is 1. The van der Waals surface area contributed by atoms with E-state index < -0.39 is 22.7 Å². The molecule has 0 aliphatic carbocycles. The molecule has 0 saturated carbocycles. The number of non-ortho nitro benzene ring substituents is 1. The second kappa shape index (κ2) is 9.81. The first-order valence-corrected chi connectivity index (χ1v) is 9.31. The SMILES string of the molecule is O=C(Nc1cccc(C(=O)O)c1)/C(=C/c1ccccc1)NC(=O)c1cccc([N+](=O)[O-])c1. The van der Waals surface area contributed by atoms with Crippen LogP contribution in [0.3, 0.4) is 0 Å². The molecule has 0 aliphatic heterocycles. The van der Waals surface area contributed by atoms with E-state index in [9.17, 15) is 24.5 Å². The highest BCUT2D eigenvalue weighted by molar-refractivity contribution is 6.11. The van der Waals surface area contributed by atoms with E-state index in [1.54, 1.807) is 30.3 Å². The Kier molecular flexibility index (Phi) is 6.72. The summed E-state index contributed by atoms with van der Waals surface area (Å²) in [5.74, 6) is -2.57. The predicted molar refractivity (Wildman–Crippen MR) is 117 cm³/mol.